The van der Waals surface area contributed by atoms with Crippen molar-refractivity contribution in [2.75, 3.05) is 12.8 Å². The van der Waals surface area contributed by atoms with Crippen LogP contribution in [-0.4, -0.2) is 18.1 Å². The van der Waals surface area contributed by atoms with Crippen LogP contribution in [0.25, 0.3) is 5.57 Å². The summed E-state index contributed by atoms with van der Waals surface area (Å²) in [5.41, 5.74) is 7.42. The number of methoxy groups -OCH3 is 1. The van der Waals surface area contributed by atoms with Crippen LogP contribution in [0.1, 0.15) is 22.8 Å². The summed E-state index contributed by atoms with van der Waals surface area (Å²) >= 11 is 0. The molecule has 1 aromatic rings. The van der Waals surface area contributed by atoms with Gasteiger partial charge in [0.15, 0.2) is 0 Å². The van der Waals surface area contributed by atoms with Crippen molar-refractivity contribution in [3.05, 3.63) is 30.0 Å². The van der Waals surface area contributed by atoms with Crippen LogP contribution in [-0.2, 0) is 4.74 Å². The standard InChI is InChI=1S/C10H12N2O2/c1-6(2)8-4-7(10(13)14-3)5-12-9(8)11/h4-5H,1H2,2-3H3,(H2,11,12). The smallest absolute Gasteiger partial charge is 0.339 e. The Kier molecular flexibility index (Phi) is 2.86. The third kappa shape index (κ3) is 1.90. The van der Waals surface area contributed by atoms with E-state index in [1.54, 1.807) is 13.0 Å². The quantitative estimate of drug-likeness (QED) is 0.721. The third-order valence-electron chi connectivity index (χ3n) is 1.80. The number of hydrogen-bond acceptors (Lipinski definition) is 4. The van der Waals surface area contributed by atoms with Crippen LogP contribution in [0.15, 0.2) is 18.8 Å². The number of pyridine rings is 1. The zero-order valence-electron chi connectivity index (χ0n) is 8.20. The lowest BCUT2D eigenvalue weighted by Crippen LogP contribution is -2.05. The van der Waals surface area contributed by atoms with Gasteiger partial charge >= 0.3 is 5.97 Å². The Labute approximate surface area is 82.4 Å². The summed E-state index contributed by atoms with van der Waals surface area (Å²) in [5, 5.41) is 0. The number of hydrogen-bond donors (Lipinski definition) is 1. The van der Waals surface area contributed by atoms with Gasteiger partial charge in [0.05, 0.1) is 12.7 Å². The van der Waals surface area contributed by atoms with Crippen LogP contribution in [0, 0.1) is 0 Å². The number of carbonyl (C=O) groups is 1. The van der Waals surface area contributed by atoms with E-state index < -0.39 is 5.97 Å². The topological polar surface area (TPSA) is 65.2 Å². The molecule has 0 unspecified atom stereocenters. The summed E-state index contributed by atoms with van der Waals surface area (Å²) in [7, 11) is 1.32. The fraction of sp³-hybridized carbons (Fsp3) is 0.200. The van der Waals surface area contributed by atoms with Gasteiger partial charge in [-0.25, -0.2) is 9.78 Å². The lowest BCUT2D eigenvalue weighted by Gasteiger charge is -2.05. The van der Waals surface area contributed by atoms with Gasteiger partial charge in [-0.1, -0.05) is 6.58 Å². The molecule has 0 bridgehead atoms. The van der Waals surface area contributed by atoms with E-state index >= 15 is 0 Å². The van der Waals surface area contributed by atoms with Gasteiger partial charge in [0, 0.05) is 11.8 Å². The maximum atomic E-state index is 11.2. The zero-order chi connectivity index (χ0) is 10.7. The molecule has 0 radical (unpaired) electrons. The molecule has 0 amide bonds. The molecule has 0 saturated carbocycles. The number of nitrogen functional groups attached to an aromatic ring is 1. The average Bonchev–Trinajstić information content (AvgIpc) is 2.17. The summed E-state index contributed by atoms with van der Waals surface area (Å²) in [5.74, 6) is -0.0647. The minimum Gasteiger partial charge on any atom is -0.465 e. The highest BCUT2D eigenvalue weighted by atomic mass is 16.5. The molecule has 0 fully saturated rings. The maximum Gasteiger partial charge on any atom is 0.339 e. The highest BCUT2D eigenvalue weighted by Gasteiger charge is 2.09. The van der Waals surface area contributed by atoms with Gasteiger partial charge in [-0.3, -0.25) is 0 Å². The number of allylic oxidation sites excluding steroid dienone is 1. The van der Waals surface area contributed by atoms with Crippen molar-refractivity contribution < 1.29 is 9.53 Å². The Bertz CT molecular complexity index is 386. The number of aromatic nitrogens is 1. The van der Waals surface area contributed by atoms with Crippen LogP contribution in [0.2, 0.25) is 0 Å². The normalized spacial score (nSPS) is 9.57. The Morgan fingerprint density at radius 1 is 1.64 bits per heavy atom. The van der Waals surface area contributed by atoms with E-state index in [-0.39, 0.29) is 0 Å². The summed E-state index contributed by atoms with van der Waals surface area (Å²) in [4.78, 5) is 15.1. The summed E-state index contributed by atoms with van der Waals surface area (Å²) in [6.45, 7) is 5.54. The molecule has 4 heteroatoms. The van der Waals surface area contributed by atoms with E-state index in [1.165, 1.54) is 13.3 Å². The number of carbonyl (C=O) groups excluding carboxylic acids is 1. The molecule has 2 N–H and O–H groups in total. The van der Waals surface area contributed by atoms with Gasteiger partial charge in [0.1, 0.15) is 5.82 Å². The lowest BCUT2D eigenvalue weighted by atomic mass is 10.1. The predicted octanol–water partition coefficient (Wildman–Crippen LogP) is 1.48. The highest BCUT2D eigenvalue weighted by molar-refractivity contribution is 5.90. The van der Waals surface area contributed by atoms with Crippen LogP contribution in [0.5, 0.6) is 0 Å². The number of ether oxygens (including phenoxy) is 1. The minimum absolute atomic E-state index is 0.366. The molecule has 1 heterocycles. The summed E-state index contributed by atoms with van der Waals surface area (Å²) in [6.07, 6.45) is 1.38. The lowest BCUT2D eigenvalue weighted by molar-refractivity contribution is 0.0600. The van der Waals surface area contributed by atoms with E-state index in [1.807, 2.05) is 0 Å². The Balaban J connectivity index is 3.19. The first-order valence-electron chi connectivity index (χ1n) is 4.06. The molecule has 74 valence electrons. The number of esters is 1. The van der Waals surface area contributed by atoms with Gasteiger partial charge in [0.25, 0.3) is 0 Å². The van der Waals surface area contributed by atoms with Gasteiger partial charge < -0.3 is 10.5 Å². The van der Waals surface area contributed by atoms with Gasteiger partial charge in [-0.05, 0) is 18.6 Å². The van der Waals surface area contributed by atoms with Crippen molar-refractivity contribution >= 4 is 17.4 Å². The maximum absolute atomic E-state index is 11.2. The first-order valence-corrected chi connectivity index (χ1v) is 4.06. The van der Waals surface area contributed by atoms with Crippen molar-refractivity contribution in [2.45, 2.75) is 6.92 Å². The van der Waals surface area contributed by atoms with Gasteiger partial charge in [-0.15, -0.1) is 0 Å². The van der Waals surface area contributed by atoms with Crippen molar-refractivity contribution in [3.63, 3.8) is 0 Å². The SMILES string of the molecule is C=C(C)c1cc(C(=O)OC)cnc1N. The molecule has 0 aliphatic heterocycles. The second-order valence-corrected chi connectivity index (χ2v) is 2.93. The molecule has 0 saturated heterocycles. The average molecular weight is 192 g/mol. The van der Waals surface area contributed by atoms with E-state index in [9.17, 15) is 4.79 Å². The van der Waals surface area contributed by atoms with Crippen molar-refractivity contribution in [2.24, 2.45) is 0 Å². The molecule has 4 nitrogen and oxygen atoms in total. The summed E-state index contributed by atoms with van der Waals surface area (Å²) in [6, 6.07) is 1.62. The minimum atomic E-state index is -0.431. The fourth-order valence-electron chi connectivity index (χ4n) is 1.05. The Morgan fingerprint density at radius 3 is 2.79 bits per heavy atom. The molecule has 0 aliphatic carbocycles. The second kappa shape index (κ2) is 3.91. The number of anilines is 1. The molecule has 14 heavy (non-hydrogen) atoms. The highest BCUT2D eigenvalue weighted by Crippen LogP contribution is 2.18. The van der Waals surface area contributed by atoms with Gasteiger partial charge in [0.2, 0.25) is 0 Å². The van der Waals surface area contributed by atoms with Crippen LogP contribution in [0.4, 0.5) is 5.82 Å². The fourth-order valence-corrected chi connectivity index (χ4v) is 1.05. The first kappa shape index (κ1) is 10.2. The van der Waals surface area contributed by atoms with Crippen LogP contribution in [0.3, 0.4) is 0 Å². The Hall–Kier alpha value is -1.84. The van der Waals surface area contributed by atoms with E-state index in [0.29, 0.717) is 16.9 Å². The third-order valence-corrected chi connectivity index (χ3v) is 1.80. The van der Waals surface area contributed by atoms with E-state index in [2.05, 4.69) is 16.3 Å². The molecule has 0 aromatic carbocycles. The molecule has 0 aliphatic rings. The first-order chi connectivity index (χ1) is 6.56. The van der Waals surface area contributed by atoms with E-state index in [0.717, 1.165) is 5.57 Å². The monoisotopic (exact) mass is 192 g/mol. The second-order valence-electron chi connectivity index (χ2n) is 2.93. The Morgan fingerprint density at radius 2 is 2.29 bits per heavy atom. The van der Waals surface area contributed by atoms with Crippen LogP contribution >= 0.6 is 0 Å². The number of nitrogens with two attached hydrogens (primary N) is 1. The molecule has 1 rings (SSSR count). The van der Waals surface area contributed by atoms with Crippen molar-refractivity contribution in [1.29, 1.82) is 0 Å². The molecule has 1 aromatic heterocycles. The molecular formula is C10H12N2O2. The van der Waals surface area contributed by atoms with Crippen LogP contribution < -0.4 is 5.73 Å². The number of rotatable bonds is 2. The number of nitrogens with zero attached hydrogens (tertiary/aromatic N) is 1. The van der Waals surface area contributed by atoms with E-state index in [4.69, 9.17) is 5.73 Å². The zero-order valence-corrected chi connectivity index (χ0v) is 8.20. The van der Waals surface area contributed by atoms with Crippen molar-refractivity contribution in [3.8, 4) is 0 Å². The predicted molar refractivity (Wildman–Crippen MR) is 54.7 cm³/mol. The molecule has 0 spiro atoms. The molecular weight excluding hydrogens is 180 g/mol. The summed E-state index contributed by atoms with van der Waals surface area (Å²) < 4.78 is 4.56. The molecule has 0 atom stereocenters. The largest absolute Gasteiger partial charge is 0.465 e. The van der Waals surface area contributed by atoms with Crippen molar-refractivity contribution in [1.82, 2.24) is 4.98 Å². The van der Waals surface area contributed by atoms with Gasteiger partial charge in [-0.2, -0.15) is 0 Å².